The van der Waals surface area contributed by atoms with Crippen LogP contribution in [0, 0.1) is 23.7 Å². The Balaban J connectivity index is 1.39. The van der Waals surface area contributed by atoms with Gasteiger partial charge in [0.05, 0.1) is 22.4 Å². The highest BCUT2D eigenvalue weighted by Crippen LogP contribution is 2.53. The van der Waals surface area contributed by atoms with Crippen LogP contribution in [0.2, 0.25) is 0 Å². The van der Waals surface area contributed by atoms with E-state index < -0.39 is 10.0 Å². The van der Waals surface area contributed by atoms with Crippen molar-refractivity contribution in [3.05, 3.63) is 65.2 Å². The predicted molar refractivity (Wildman–Crippen MR) is 112 cm³/mol. The Labute approximate surface area is 176 Å². The molecule has 6 nitrogen and oxygen atoms in total. The van der Waals surface area contributed by atoms with Crippen LogP contribution in [0.5, 0.6) is 0 Å². The van der Waals surface area contributed by atoms with E-state index in [1.807, 2.05) is 12.2 Å². The van der Waals surface area contributed by atoms with Gasteiger partial charge in [-0.15, -0.1) is 0 Å². The van der Waals surface area contributed by atoms with Crippen molar-refractivity contribution in [2.75, 3.05) is 9.62 Å². The lowest BCUT2D eigenvalue weighted by atomic mass is 9.85. The molecule has 2 fully saturated rings. The summed E-state index contributed by atoms with van der Waals surface area (Å²) in [6.07, 6.45) is 4.96. The smallest absolute Gasteiger partial charge is 0.261 e. The molecule has 3 aliphatic rings. The van der Waals surface area contributed by atoms with Crippen molar-refractivity contribution in [3.63, 3.8) is 0 Å². The second-order valence-corrected chi connectivity index (χ2v) is 10.2. The van der Waals surface area contributed by atoms with Gasteiger partial charge >= 0.3 is 0 Å². The summed E-state index contributed by atoms with van der Waals surface area (Å²) in [5.74, 6) is -0.640. The molecule has 2 amide bonds. The minimum absolute atomic E-state index is 0.0576. The molecule has 1 aliphatic heterocycles. The minimum Gasteiger partial charge on any atom is -0.280 e. The Kier molecular flexibility index (Phi) is 4.18. The van der Waals surface area contributed by atoms with Gasteiger partial charge in [-0.25, -0.2) is 8.42 Å². The summed E-state index contributed by atoms with van der Waals surface area (Å²) in [7, 11) is -3.79. The van der Waals surface area contributed by atoms with Crippen LogP contribution in [0.3, 0.4) is 0 Å². The van der Waals surface area contributed by atoms with Crippen molar-refractivity contribution in [1.82, 2.24) is 0 Å². The minimum atomic E-state index is -3.79. The molecular formula is C21H17BrN2O4S. The van der Waals surface area contributed by atoms with Crippen LogP contribution in [-0.2, 0) is 19.6 Å². The quantitative estimate of drug-likeness (QED) is 0.544. The third kappa shape index (κ3) is 2.93. The van der Waals surface area contributed by atoms with Crippen molar-refractivity contribution in [1.29, 1.82) is 0 Å². The molecule has 1 heterocycles. The zero-order valence-electron chi connectivity index (χ0n) is 15.2. The standard InChI is InChI=1S/C21H17BrN2O4S/c22-14-2-1-3-15(11-14)23-29(27,28)17-8-6-16(7-9-17)24-20(25)18-12-4-5-13(10-12)19(18)21(24)26/h1-9,11-13,18-19,23H,10H2/t12-,13?,18+,19-/m0/s1. The number of benzene rings is 2. The van der Waals surface area contributed by atoms with Gasteiger partial charge in [-0.1, -0.05) is 34.1 Å². The van der Waals surface area contributed by atoms with Gasteiger partial charge in [0.1, 0.15) is 0 Å². The fourth-order valence-electron chi connectivity index (χ4n) is 4.70. The van der Waals surface area contributed by atoms with Crippen LogP contribution in [-0.4, -0.2) is 20.2 Å². The second-order valence-electron chi connectivity index (χ2n) is 7.62. The predicted octanol–water partition coefficient (Wildman–Crippen LogP) is 3.56. The summed E-state index contributed by atoms with van der Waals surface area (Å²) in [5, 5.41) is 0. The van der Waals surface area contributed by atoms with Crippen LogP contribution in [0.4, 0.5) is 11.4 Å². The molecule has 2 bridgehead atoms. The maximum absolute atomic E-state index is 12.9. The zero-order chi connectivity index (χ0) is 20.3. The first-order valence-electron chi connectivity index (χ1n) is 9.30. The third-order valence-electron chi connectivity index (χ3n) is 5.95. The number of rotatable bonds is 4. The van der Waals surface area contributed by atoms with Crippen molar-refractivity contribution in [3.8, 4) is 0 Å². The number of carbonyl (C=O) groups excluding carboxylic acids is 2. The van der Waals surface area contributed by atoms with Gasteiger partial charge in [0.2, 0.25) is 11.8 Å². The maximum Gasteiger partial charge on any atom is 0.261 e. The molecule has 1 N–H and O–H groups in total. The highest BCUT2D eigenvalue weighted by molar-refractivity contribution is 9.10. The molecule has 8 heteroatoms. The van der Waals surface area contributed by atoms with Crippen LogP contribution >= 0.6 is 15.9 Å². The highest BCUT2D eigenvalue weighted by Gasteiger charge is 2.59. The van der Waals surface area contributed by atoms with E-state index in [2.05, 4.69) is 20.7 Å². The van der Waals surface area contributed by atoms with E-state index in [1.165, 1.54) is 29.2 Å². The van der Waals surface area contributed by atoms with Crippen LogP contribution in [0.15, 0.2) is 70.1 Å². The number of sulfonamides is 1. The molecule has 2 aliphatic carbocycles. The van der Waals surface area contributed by atoms with Gasteiger partial charge in [0, 0.05) is 10.2 Å². The van der Waals surface area contributed by atoms with Gasteiger partial charge < -0.3 is 0 Å². The molecule has 2 aromatic carbocycles. The van der Waals surface area contributed by atoms with Crippen molar-refractivity contribution in [2.24, 2.45) is 23.7 Å². The molecule has 0 radical (unpaired) electrons. The Bertz CT molecular complexity index is 1130. The molecule has 29 heavy (non-hydrogen) atoms. The van der Waals surface area contributed by atoms with Crippen LogP contribution in [0.25, 0.3) is 0 Å². The molecule has 1 unspecified atom stereocenters. The molecule has 4 atom stereocenters. The highest BCUT2D eigenvalue weighted by atomic mass is 79.9. The van der Waals surface area contributed by atoms with E-state index in [-0.39, 0.29) is 40.4 Å². The van der Waals surface area contributed by atoms with Crippen molar-refractivity contribution >= 4 is 49.1 Å². The number of nitrogens with one attached hydrogen (secondary N) is 1. The normalized spacial score (nSPS) is 27.6. The van der Waals surface area contributed by atoms with Crippen molar-refractivity contribution < 1.29 is 18.0 Å². The van der Waals surface area contributed by atoms with E-state index in [4.69, 9.17) is 0 Å². The number of hydrogen-bond donors (Lipinski definition) is 1. The average Bonchev–Trinajstić information content (AvgIpc) is 3.35. The first kappa shape index (κ1) is 18.6. The summed E-state index contributed by atoms with van der Waals surface area (Å²) in [6.45, 7) is 0. The van der Waals surface area contributed by atoms with Crippen LogP contribution < -0.4 is 9.62 Å². The maximum atomic E-state index is 12.9. The lowest BCUT2D eigenvalue weighted by Gasteiger charge is -2.17. The first-order chi connectivity index (χ1) is 13.8. The van der Waals surface area contributed by atoms with E-state index in [1.54, 1.807) is 24.3 Å². The first-order valence-corrected chi connectivity index (χ1v) is 11.6. The van der Waals surface area contributed by atoms with Gasteiger partial charge in [0.15, 0.2) is 0 Å². The molecule has 1 saturated heterocycles. The number of allylic oxidation sites excluding steroid dienone is 2. The lowest BCUT2D eigenvalue weighted by Crippen LogP contribution is -2.32. The molecule has 0 spiro atoms. The summed E-state index contributed by atoms with van der Waals surface area (Å²) in [6, 6.07) is 12.7. The molecule has 5 rings (SSSR count). The second kappa shape index (κ2) is 6.53. The zero-order valence-corrected chi connectivity index (χ0v) is 17.6. The topological polar surface area (TPSA) is 83.6 Å². The van der Waals surface area contributed by atoms with Gasteiger partial charge in [0.25, 0.3) is 10.0 Å². The Morgan fingerprint density at radius 2 is 1.55 bits per heavy atom. The monoisotopic (exact) mass is 472 g/mol. The number of hydrogen-bond acceptors (Lipinski definition) is 4. The molecule has 148 valence electrons. The number of imide groups is 1. The van der Waals surface area contributed by atoms with Gasteiger partial charge in [-0.2, -0.15) is 0 Å². The Morgan fingerprint density at radius 1 is 0.931 bits per heavy atom. The number of anilines is 2. The average molecular weight is 473 g/mol. The summed E-state index contributed by atoms with van der Waals surface area (Å²) in [5.41, 5.74) is 0.847. The fourth-order valence-corrected chi connectivity index (χ4v) is 6.15. The number of fused-ring (bicyclic) bond motifs is 5. The van der Waals surface area contributed by atoms with Gasteiger partial charge in [-0.05, 0) is 60.7 Å². The summed E-state index contributed by atoms with van der Waals surface area (Å²) >= 11 is 3.31. The van der Waals surface area contributed by atoms with E-state index in [0.29, 0.717) is 11.4 Å². The van der Waals surface area contributed by atoms with Gasteiger partial charge in [-0.3, -0.25) is 19.2 Å². The van der Waals surface area contributed by atoms with Crippen molar-refractivity contribution in [2.45, 2.75) is 11.3 Å². The van der Waals surface area contributed by atoms with E-state index in [0.717, 1.165) is 10.9 Å². The van der Waals surface area contributed by atoms with E-state index in [9.17, 15) is 18.0 Å². The summed E-state index contributed by atoms with van der Waals surface area (Å²) < 4.78 is 28.6. The SMILES string of the molecule is O=C1[C@@H]2[C@H]3C=CC(C3)[C@@H]2C(=O)N1c1ccc(S(=O)(=O)Nc2cccc(Br)c2)cc1. The Hall–Kier alpha value is -2.45. The number of nitrogens with zero attached hydrogens (tertiary/aromatic N) is 1. The number of amides is 2. The molecule has 2 aromatic rings. The summed E-state index contributed by atoms with van der Waals surface area (Å²) in [4.78, 5) is 27.0. The molecular weight excluding hydrogens is 456 g/mol. The number of carbonyl (C=O) groups is 2. The van der Waals surface area contributed by atoms with E-state index >= 15 is 0 Å². The largest absolute Gasteiger partial charge is 0.280 e. The lowest BCUT2D eigenvalue weighted by molar-refractivity contribution is -0.123. The fraction of sp³-hybridized carbons (Fsp3) is 0.238. The number of halogens is 1. The third-order valence-corrected chi connectivity index (χ3v) is 7.84. The molecule has 0 aromatic heterocycles. The molecule has 1 saturated carbocycles. The Morgan fingerprint density at radius 3 is 2.14 bits per heavy atom. The van der Waals surface area contributed by atoms with Crippen LogP contribution in [0.1, 0.15) is 6.42 Å².